The summed E-state index contributed by atoms with van der Waals surface area (Å²) in [5.74, 6) is 1.91. The molecule has 4 nitrogen and oxygen atoms in total. The zero-order chi connectivity index (χ0) is 14.5. The topological polar surface area (TPSA) is 51.0 Å². The molecule has 1 unspecified atom stereocenters. The van der Waals surface area contributed by atoms with Crippen LogP contribution in [0.3, 0.4) is 0 Å². The molecule has 1 atom stereocenters. The molecule has 0 amide bonds. The predicted octanol–water partition coefficient (Wildman–Crippen LogP) is 3.40. The van der Waals surface area contributed by atoms with Gasteiger partial charge in [0.15, 0.2) is 0 Å². The molecule has 2 rings (SSSR count). The Morgan fingerprint density at radius 2 is 1.85 bits per heavy atom. The Balaban J connectivity index is 2.04. The minimum absolute atomic E-state index is 0.454. The number of aromatic nitrogens is 2. The predicted molar refractivity (Wildman–Crippen MR) is 80.7 cm³/mol. The molecule has 0 spiro atoms. The summed E-state index contributed by atoms with van der Waals surface area (Å²) in [5, 5.41) is 7.26. The van der Waals surface area contributed by atoms with Crippen molar-refractivity contribution in [2.24, 2.45) is 0 Å². The lowest BCUT2D eigenvalue weighted by atomic mass is 10.0. The lowest BCUT2D eigenvalue weighted by Crippen LogP contribution is -2.21. The van der Waals surface area contributed by atoms with E-state index in [0.29, 0.717) is 23.7 Å². The van der Waals surface area contributed by atoms with E-state index in [4.69, 9.17) is 4.52 Å². The van der Waals surface area contributed by atoms with Crippen molar-refractivity contribution < 1.29 is 4.52 Å². The molecular weight excluding hydrogens is 250 g/mol. The number of aryl methyl sites for hydroxylation is 1. The van der Waals surface area contributed by atoms with Crippen molar-refractivity contribution in [3.63, 3.8) is 0 Å². The van der Waals surface area contributed by atoms with Crippen LogP contribution >= 0.6 is 0 Å². The van der Waals surface area contributed by atoms with Crippen LogP contribution in [0.25, 0.3) is 11.4 Å². The molecule has 20 heavy (non-hydrogen) atoms. The van der Waals surface area contributed by atoms with Crippen LogP contribution in [0, 0.1) is 0 Å². The molecule has 1 aromatic carbocycles. The van der Waals surface area contributed by atoms with Gasteiger partial charge in [0.05, 0.1) is 0 Å². The molecule has 4 heteroatoms. The van der Waals surface area contributed by atoms with E-state index in [2.05, 4.69) is 60.5 Å². The number of hydrogen-bond acceptors (Lipinski definition) is 4. The van der Waals surface area contributed by atoms with Crippen molar-refractivity contribution in [1.29, 1.82) is 0 Å². The van der Waals surface area contributed by atoms with Gasteiger partial charge in [-0.05, 0) is 31.9 Å². The summed E-state index contributed by atoms with van der Waals surface area (Å²) in [5.41, 5.74) is 2.33. The highest BCUT2D eigenvalue weighted by molar-refractivity contribution is 5.54. The molecule has 108 valence electrons. The highest BCUT2D eigenvalue weighted by atomic mass is 16.5. The fourth-order valence-electron chi connectivity index (χ4n) is 1.98. The summed E-state index contributed by atoms with van der Waals surface area (Å²) in [7, 11) is 1.96. The number of hydrogen-bond donors (Lipinski definition) is 1. The standard InChI is InChI=1S/C16H23N3O/c1-11(2)13-6-8-14(9-7-13)16-18-15(20-19-16)10-5-12(3)17-4/h6-9,11-12,17H,5,10H2,1-4H3. The molecule has 1 N–H and O–H groups in total. The molecule has 0 aliphatic carbocycles. The summed E-state index contributed by atoms with van der Waals surface area (Å²) in [6, 6.07) is 8.81. The Hall–Kier alpha value is -1.68. The lowest BCUT2D eigenvalue weighted by molar-refractivity contribution is 0.369. The number of nitrogens with zero attached hydrogens (tertiary/aromatic N) is 2. The third kappa shape index (κ3) is 3.67. The molecule has 0 saturated carbocycles. The normalized spacial score (nSPS) is 12.8. The Bertz CT molecular complexity index is 531. The van der Waals surface area contributed by atoms with Crippen LogP contribution in [-0.2, 0) is 6.42 Å². The van der Waals surface area contributed by atoms with Crippen LogP contribution in [0.5, 0.6) is 0 Å². The van der Waals surface area contributed by atoms with Gasteiger partial charge in [-0.25, -0.2) is 0 Å². The summed E-state index contributed by atoms with van der Waals surface area (Å²) < 4.78 is 5.30. The molecule has 1 heterocycles. The van der Waals surface area contributed by atoms with Gasteiger partial charge in [0.2, 0.25) is 11.7 Å². The van der Waals surface area contributed by atoms with Crippen LogP contribution in [0.4, 0.5) is 0 Å². The summed E-state index contributed by atoms with van der Waals surface area (Å²) >= 11 is 0. The molecule has 0 aliphatic heterocycles. The average Bonchev–Trinajstić information content (AvgIpc) is 2.93. The van der Waals surface area contributed by atoms with Crippen molar-refractivity contribution in [3.8, 4) is 11.4 Å². The summed E-state index contributed by atoms with van der Waals surface area (Å²) in [4.78, 5) is 4.46. The highest BCUT2D eigenvalue weighted by Gasteiger charge is 2.10. The zero-order valence-corrected chi connectivity index (χ0v) is 12.7. The Morgan fingerprint density at radius 3 is 2.45 bits per heavy atom. The van der Waals surface area contributed by atoms with Gasteiger partial charge >= 0.3 is 0 Å². The first-order valence-electron chi connectivity index (χ1n) is 7.20. The average molecular weight is 273 g/mol. The van der Waals surface area contributed by atoms with Crippen molar-refractivity contribution in [3.05, 3.63) is 35.7 Å². The maximum Gasteiger partial charge on any atom is 0.227 e. The first kappa shape index (κ1) is 14.7. The van der Waals surface area contributed by atoms with Crippen LogP contribution < -0.4 is 5.32 Å². The van der Waals surface area contributed by atoms with E-state index < -0.39 is 0 Å². The van der Waals surface area contributed by atoms with Crippen LogP contribution in [-0.4, -0.2) is 23.2 Å². The van der Waals surface area contributed by atoms with Gasteiger partial charge < -0.3 is 9.84 Å². The smallest absolute Gasteiger partial charge is 0.227 e. The van der Waals surface area contributed by atoms with E-state index >= 15 is 0 Å². The van der Waals surface area contributed by atoms with Crippen molar-refractivity contribution in [2.75, 3.05) is 7.05 Å². The molecule has 2 aromatic rings. The lowest BCUT2D eigenvalue weighted by Gasteiger charge is -2.06. The fraction of sp³-hybridized carbons (Fsp3) is 0.500. The largest absolute Gasteiger partial charge is 0.339 e. The van der Waals surface area contributed by atoms with Crippen LogP contribution in [0.2, 0.25) is 0 Å². The first-order chi connectivity index (χ1) is 9.60. The second kappa shape index (κ2) is 6.66. The van der Waals surface area contributed by atoms with E-state index in [0.717, 1.165) is 18.4 Å². The molecular formula is C16H23N3O. The fourth-order valence-corrected chi connectivity index (χ4v) is 1.98. The van der Waals surface area contributed by atoms with Gasteiger partial charge in [0.25, 0.3) is 0 Å². The minimum Gasteiger partial charge on any atom is -0.339 e. The van der Waals surface area contributed by atoms with Crippen LogP contribution in [0.15, 0.2) is 28.8 Å². The van der Waals surface area contributed by atoms with Crippen LogP contribution in [0.1, 0.15) is 44.6 Å². The molecule has 0 fully saturated rings. The van der Waals surface area contributed by atoms with E-state index in [9.17, 15) is 0 Å². The Labute approximate surface area is 120 Å². The molecule has 0 aliphatic rings. The number of rotatable bonds is 6. The maximum atomic E-state index is 5.30. The Morgan fingerprint density at radius 1 is 1.15 bits per heavy atom. The van der Waals surface area contributed by atoms with E-state index in [1.807, 2.05) is 7.05 Å². The van der Waals surface area contributed by atoms with E-state index in [1.165, 1.54) is 5.56 Å². The third-order valence-electron chi connectivity index (χ3n) is 3.59. The van der Waals surface area contributed by atoms with Gasteiger partial charge in [0, 0.05) is 18.0 Å². The monoisotopic (exact) mass is 273 g/mol. The second-order valence-electron chi connectivity index (χ2n) is 5.52. The van der Waals surface area contributed by atoms with Gasteiger partial charge in [-0.15, -0.1) is 0 Å². The third-order valence-corrected chi connectivity index (χ3v) is 3.59. The van der Waals surface area contributed by atoms with Crippen molar-refractivity contribution in [2.45, 2.75) is 45.6 Å². The highest BCUT2D eigenvalue weighted by Crippen LogP contribution is 2.20. The van der Waals surface area contributed by atoms with Gasteiger partial charge in [0.1, 0.15) is 0 Å². The van der Waals surface area contributed by atoms with Gasteiger partial charge in [-0.1, -0.05) is 43.3 Å². The molecule has 0 saturated heterocycles. The first-order valence-corrected chi connectivity index (χ1v) is 7.20. The second-order valence-corrected chi connectivity index (χ2v) is 5.52. The van der Waals surface area contributed by atoms with Gasteiger partial charge in [-0.3, -0.25) is 0 Å². The number of nitrogens with one attached hydrogen (secondary N) is 1. The molecule has 1 aromatic heterocycles. The maximum absolute atomic E-state index is 5.30. The SMILES string of the molecule is CNC(C)CCc1nc(-c2ccc(C(C)C)cc2)no1. The number of benzene rings is 1. The van der Waals surface area contributed by atoms with Gasteiger partial charge in [-0.2, -0.15) is 4.98 Å². The zero-order valence-electron chi connectivity index (χ0n) is 12.7. The summed E-state index contributed by atoms with van der Waals surface area (Å²) in [6.07, 6.45) is 1.80. The summed E-state index contributed by atoms with van der Waals surface area (Å²) in [6.45, 7) is 6.51. The minimum atomic E-state index is 0.454. The van der Waals surface area contributed by atoms with Crippen molar-refractivity contribution in [1.82, 2.24) is 15.5 Å². The quantitative estimate of drug-likeness (QED) is 0.876. The molecule has 0 radical (unpaired) electrons. The Kier molecular flexibility index (Phi) is 4.90. The van der Waals surface area contributed by atoms with E-state index in [1.54, 1.807) is 0 Å². The van der Waals surface area contributed by atoms with Crippen molar-refractivity contribution >= 4 is 0 Å². The van der Waals surface area contributed by atoms with E-state index in [-0.39, 0.29) is 0 Å². The molecule has 0 bridgehead atoms.